The van der Waals surface area contributed by atoms with Crippen molar-refractivity contribution < 1.29 is 19.0 Å². The lowest BCUT2D eigenvalue weighted by Gasteiger charge is -2.17. The van der Waals surface area contributed by atoms with Gasteiger partial charge in [0.2, 0.25) is 0 Å². The highest BCUT2D eigenvalue weighted by molar-refractivity contribution is 5.97. The summed E-state index contributed by atoms with van der Waals surface area (Å²) in [5, 5.41) is 2.80. The molecule has 1 rings (SSSR count). The molecule has 1 aromatic rings. The monoisotopic (exact) mass is 296 g/mol. The van der Waals surface area contributed by atoms with E-state index in [2.05, 4.69) is 5.32 Å². The third kappa shape index (κ3) is 4.26. The average molecular weight is 296 g/mol. The van der Waals surface area contributed by atoms with Gasteiger partial charge in [-0.3, -0.25) is 4.79 Å². The standard InChI is InChI=1S/C15H24N2O4/c1-9(2)11(16)8-17-15(18)10-6-13(20-4)14(21-5)7-12(10)19-3/h6-7,9,11H,8,16H2,1-5H3,(H,17,18). The van der Waals surface area contributed by atoms with Crippen LogP contribution in [-0.4, -0.2) is 39.8 Å². The zero-order valence-electron chi connectivity index (χ0n) is 13.2. The molecule has 1 aromatic carbocycles. The quantitative estimate of drug-likeness (QED) is 0.795. The molecule has 1 unspecified atom stereocenters. The summed E-state index contributed by atoms with van der Waals surface area (Å²) in [6.45, 7) is 4.41. The first-order valence-corrected chi connectivity index (χ1v) is 6.78. The number of rotatable bonds is 7. The molecule has 0 saturated carbocycles. The number of nitrogens with two attached hydrogens (primary N) is 1. The first-order chi connectivity index (χ1) is 9.94. The lowest BCUT2D eigenvalue weighted by atomic mass is 10.1. The fourth-order valence-electron chi connectivity index (χ4n) is 1.75. The summed E-state index contributed by atoms with van der Waals surface area (Å²) in [6.07, 6.45) is 0. The lowest BCUT2D eigenvalue weighted by Crippen LogP contribution is -2.40. The third-order valence-corrected chi connectivity index (χ3v) is 3.30. The molecule has 0 aliphatic heterocycles. The summed E-state index contributed by atoms with van der Waals surface area (Å²) >= 11 is 0. The van der Waals surface area contributed by atoms with Gasteiger partial charge in [0.05, 0.1) is 26.9 Å². The van der Waals surface area contributed by atoms with Gasteiger partial charge in [-0.1, -0.05) is 13.8 Å². The Labute approximate surface area is 125 Å². The number of benzene rings is 1. The van der Waals surface area contributed by atoms with E-state index in [1.165, 1.54) is 21.3 Å². The van der Waals surface area contributed by atoms with Gasteiger partial charge in [-0.15, -0.1) is 0 Å². The van der Waals surface area contributed by atoms with Crippen LogP contribution in [0.15, 0.2) is 12.1 Å². The van der Waals surface area contributed by atoms with Gasteiger partial charge in [-0.05, 0) is 5.92 Å². The van der Waals surface area contributed by atoms with Gasteiger partial charge < -0.3 is 25.3 Å². The predicted molar refractivity (Wildman–Crippen MR) is 81.2 cm³/mol. The fourth-order valence-corrected chi connectivity index (χ4v) is 1.75. The highest BCUT2D eigenvalue weighted by atomic mass is 16.5. The van der Waals surface area contributed by atoms with Crippen LogP contribution in [0.2, 0.25) is 0 Å². The number of hydrogen-bond donors (Lipinski definition) is 2. The highest BCUT2D eigenvalue weighted by Gasteiger charge is 2.18. The first-order valence-electron chi connectivity index (χ1n) is 6.78. The Morgan fingerprint density at radius 3 is 2.10 bits per heavy atom. The number of carbonyl (C=O) groups excluding carboxylic acids is 1. The molecule has 0 saturated heterocycles. The number of carbonyl (C=O) groups is 1. The van der Waals surface area contributed by atoms with Crippen molar-refractivity contribution in [3.63, 3.8) is 0 Å². The Bertz CT molecular complexity index is 489. The number of ether oxygens (including phenoxy) is 3. The first kappa shape index (κ1) is 17.1. The molecule has 0 fully saturated rings. The van der Waals surface area contributed by atoms with Crippen LogP contribution in [0.5, 0.6) is 17.2 Å². The van der Waals surface area contributed by atoms with Gasteiger partial charge in [-0.2, -0.15) is 0 Å². The minimum Gasteiger partial charge on any atom is -0.496 e. The molecule has 118 valence electrons. The smallest absolute Gasteiger partial charge is 0.255 e. The van der Waals surface area contributed by atoms with Crippen molar-refractivity contribution in [2.24, 2.45) is 11.7 Å². The van der Waals surface area contributed by atoms with Gasteiger partial charge in [-0.25, -0.2) is 0 Å². The topological polar surface area (TPSA) is 82.8 Å². The van der Waals surface area contributed by atoms with E-state index in [1.54, 1.807) is 12.1 Å². The molecule has 0 heterocycles. The highest BCUT2D eigenvalue weighted by Crippen LogP contribution is 2.34. The second kappa shape index (κ2) is 7.73. The minimum atomic E-state index is -0.260. The molecular formula is C15H24N2O4. The Morgan fingerprint density at radius 1 is 1.10 bits per heavy atom. The van der Waals surface area contributed by atoms with Crippen molar-refractivity contribution in [1.29, 1.82) is 0 Å². The molecular weight excluding hydrogens is 272 g/mol. The Balaban J connectivity index is 2.97. The summed E-state index contributed by atoms with van der Waals surface area (Å²) in [4.78, 5) is 12.3. The van der Waals surface area contributed by atoms with E-state index in [9.17, 15) is 4.79 Å². The SMILES string of the molecule is COc1cc(OC)c(C(=O)NCC(N)C(C)C)cc1OC. The second-order valence-corrected chi connectivity index (χ2v) is 5.03. The molecule has 6 heteroatoms. The van der Waals surface area contributed by atoms with Crippen LogP contribution in [0.25, 0.3) is 0 Å². The maximum absolute atomic E-state index is 12.3. The van der Waals surface area contributed by atoms with Gasteiger partial charge in [0, 0.05) is 24.7 Å². The van der Waals surface area contributed by atoms with Crippen LogP contribution >= 0.6 is 0 Å². The molecule has 0 aromatic heterocycles. The Morgan fingerprint density at radius 2 is 1.62 bits per heavy atom. The maximum Gasteiger partial charge on any atom is 0.255 e. The van der Waals surface area contributed by atoms with Crippen molar-refractivity contribution in [2.45, 2.75) is 19.9 Å². The summed E-state index contributed by atoms with van der Waals surface area (Å²) in [7, 11) is 4.54. The molecule has 6 nitrogen and oxygen atoms in total. The van der Waals surface area contributed by atoms with Gasteiger partial charge in [0.15, 0.2) is 11.5 Å². The number of hydrogen-bond acceptors (Lipinski definition) is 5. The zero-order valence-corrected chi connectivity index (χ0v) is 13.2. The van der Waals surface area contributed by atoms with Gasteiger partial charge in [0.1, 0.15) is 5.75 Å². The van der Waals surface area contributed by atoms with Crippen LogP contribution in [0, 0.1) is 5.92 Å². The molecule has 0 aliphatic rings. The number of amides is 1. The predicted octanol–water partition coefficient (Wildman–Crippen LogP) is 1.43. The molecule has 21 heavy (non-hydrogen) atoms. The van der Waals surface area contributed by atoms with Crippen LogP contribution in [-0.2, 0) is 0 Å². The van der Waals surface area contributed by atoms with Crippen LogP contribution < -0.4 is 25.3 Å². The van der Waals surface area contributed by atoms with Crippen molar-refractivity contribution in [3.05, 3.63) is 17.7 Å². The largest absolute Gasteiger partial charge is 0.496 e. The molecule has 0 bridgehead atoms. The summed E-state index contributed by atoms with van der Waals surface area (Å²) in [6, 6.07) is 3.12. The van der Waals surface area contributed by atoms with E-state index in [0.29, 0.717) is 29.4 Å². The van der Waals surface area contributed by atoms with Gasteiger partial charge >= 0.3 is 0 Å². The molecule has 1 atom stereocenters. The fraction of sp³-hybridized carbons (Fsp3) is 0.533. The van der Waals surface area contributed by atoms with E-state index in [1.807, 2.05) is 13.8 Å². The summed E-state index contributed by atoms with van der Waals surface area (Å²) < 4.78 is 15.6. The zero-order chi connectivity index (χ0) is 16.0. The second-order valence-electron chi connectivity index (χ2n) is 5.03. The van der Waals surface area contributed by atoms with Crippen molar-refractivity contribution in [3.8, 4) is 17.2 Å². The minimum absolute atomic E-state index is 0.0971. The van der Waals surface area contributed by atoms with Crippen LogP contribution in [0.3, 0.4) is 0 Å². The van der Waals surface area contributed by atoms with E-state index in [0.717, 1.165) is 0 Å². The summed E-state index contributed by atoms with van der Waals surface area (Å²) in [5.41, 5.74) is 6.31. The van der Waals surface area contributed by atoms with Crippen LogP contribution in [0.4, 0.5) is 0 Å². The third-order valence-electron chi connectivity index (χ3n) is 3.30. The molecule has 3 N–H and O–H groups in total. The van der Waals surface area contributed by atoms with E-state index in [-0.39, 0.29) is 17.9 Å². The Hall–Kier alpha value is -1.95. The van der Waals surface area contributed by atoms with E-state index in [4.69, 9.17) is 19.9 Å². The average Bonchev–Trinajstić information content (AvgIpc) is 2.50. The molecule has 0 spiro atoms. The number of nitrogens with one attached hydrogen (secondary N) is 1. The van der Waals surface area contributed by atoms with Crippen molar-refractivity contribution >= 4 is 5.91 Å². The van der Waals surface area contributed by atoms with Crippen LogP contribution in [0.1, 0.15) is 24.2 Å². The summed E-state index contributed by atoms with van der Waals surface area (Å²) in [5.74, 6) is 1.42. The van der Waals surface area contributed by atoms with Crippen molar-refractivity contribution in [1.82, 2.24) is 5.32 Å². The Kier molecular flexibility index (Phi) is 6.30. The number of methoxy groups -OCH3 is 3. The molecule has 1 amide bonds. The van der Waals surface area contributed by atoms with E-state index < -0.39 is 0 Å². The van der Waals surface area contributed by atoms with Gasteiger partial charge in [0.25, 0.3) is 5.91 Å². The normalized spacial score (nSPS) is 12.0. The lowest BCUT2D eigenvalue weighted by molar-refractivity contribution is 0.0945. The molecule has 0 radical (unpaired) electrons. The maximum atomic E-state index is 12.3. The van der Waals surface area contributed by atoms with Crippen molar-refractivity contribution in [2.75, 3.05) is 27.9 Å². The molecule has 0 aliphatic carbocycles. The van der Waals surface area contributed by atoms with E-state index >= 15 is 0 Å².